The largest absolute Gasteiger partial charge is 0.353 e. The summed E-state index contributed by atoms with van der Waals surface area (Å²) in [6.45, 7) is 2.24. The smallest absolute Gasteiger partial charge is 0.227 e. The number of amides is 1. The topological polar surface area (TPSA) is 55.1 Å². The van der Waals surface area contributed by atoms with E-state index in [9.17, 15) is 4.79 Å². The van der Waals surface area contributed by atoms with E-state index < -0.39 is 0 Å². The Hall–Kier alpha value is -0.830. The van der Waals surface area contributed by atoms with Crippen molar-refractivity contribution in [1.29, 1.82) is 0 Å². The maximum Gasteiger partial charge on any atom is 0.227 e. The molecular formula is C13H22N2O. The highest BCUT2D eigenvalue weighted by Crippen LogP contribution is 2.25. The number of carbonyl (C=O) groups excluding carboxylic acids is 1. The van der Waals surface area contributed by atoms with Crippen molar-refractivity contribution in [2.75, 3.05) is 0 Å². The summed E-state index contributed by atoms with van der Waals surface area (Å²) in [4.78, 5) is 12.0. The highest BCUT2D eigenvalue weighted by molar-refractivity contribution is 5.81. The van der Waals surface area contributed by atoms with E-state index in [4.69, 9.17) is 5.73 Å². The number of hydrogen-bond acceptors (Lipinski definition) is 2. The van der Waals surface area contributed by atoms with Gasteiger partial charge in [-0.05, 0) is 25.2 Å². The van der Waals surface area contributed by atoms with Crippen LogP contribution in [0.2, 0.25) is 0 Å². The first-order valence-electron chi connectivity index (χ1n) is 6.41. The molecule has 3 heteroatoms. The molecule has 1 saturated carbocycles. The summed E-state index contributed by atoms with van der Waals surface area (Å²) in [5.41, 5.74) is 5.76. The molecular weight excluding hydrogens is 200 g/mol. The van der Waals surface area contributed by atoms with Gasteiger partial charge in [-0.1, -0.05) is 31.9 Å². The van der Waals surface area contributed by atoms with Crippen LogP contribution in [0.25, 0.3) is 0 Å². The molecule has 0 aromatic rings. The molecule has 0 bridgehead atoms. The SMILES string of the molecule is CC1CCCCC1NC(=O)C1C=CC(N)C1. The van der Waals surface area contributed by atoms with Crippen LogP contribution in [0.5, 0.6) is 0 Å². The standard InChI is InChI=1S/C13H22N2O/c1-9-4-2-3-5-12(9)15-13(16)10-6-7-11(14)8-10/h6-7,9-12H,2-5,8,14H2,1H3,(H,15,16). The van der Waals surface area contributed by atoms with Gasteiger partial charge >= 0.3 is 0 Å². The van der Waals surface area contributed by atoms with E-state index in [-0.39, 0.29) is 17.9 Å². The molecule has 0 heterocycles. The first-order chi connectivity index (χ1) is 7.66. The van der Waals surface area contributed by atoms with Crippen LogP contribution in [0.1, 0.15) is 39.0 Å². The summed E-state index contributed by atoms with van der Waals surface area (Å²) < 4.78 is 0. The molecule has 0 aromatic carbocycles. The first kappa shape index (κ1) is 11.6. The van der Waals surface area contributed by atoms with E-state index in [0.29, 0.717) is 12.0 Å². The van der Waals surface area contributed by atoms with Gasteiger partial charge in [-0.2, -0.15) is 0 Å². The maximum atomic E-state index is 12.0. The fraction of sp³-hybridized carbons (Fsp3) is 0.769. The molecule has 2 aliphatic rings. The average molecular weight is 222 g/mol. The molecule has 4 atom stereocenters. The van der Waals surface area contributed by atoms with Crippen LogP contribution in [-0.4, -0.2) is 18.0 Å². The lowest BCUT2D eigenvalue weighted by atomic mass is 9.85. The van der Waals surface area contributed by atoms with Gasteiger partial charge in [0.05, 0.1) is 5.92 Å². The Labute approximate surface area is 97.5 Å². The minimum absolute atomic E-state index is 0.00382. The second-order valence-electron chi connectivity index (χ2n) is 5.27. The van der Waals surface area contributed by atoms with Crippen LogP contribution >= 0.6 is 0 Å². The molecule has 2 rings (SSSR count). The van der Waals surface area contributed by atoms with Gasteiger partial charge in [-0.3, -0.25) is 4.79 Å². The normalized spacial score (nSPS) is 38.6. The molecule has 4 unspecified atom stereocenters. The molecule has 0 aliphatic heterocycles. The number of carbonyl (C=O) groups is 1. The van der Waals surface area contributed by atoms with E-state index >= 15 is 0 Å². The Morgan fingerprint density at radius 3 is 2.69 bits per heavy atom. The lowest BCUT2D eigenvalue weighted by molar-refractivity contribution is -0.124. The Bertz CT molecular complexity index is 288. The minimum atomic E-state index is 0.00382. The fourth-order valence-corrected chi connectivity index (χ4v) is 2.74. The van der Waals surface area contributed by atoms with Gasteiger partial charge in [0, 0.05) is 12.1 Å². The van der Waals surface area contributed by atoms with Crippen molar-refractivity contribution in [1.82, 2.24) is 5.32 Å². The Kier molecular flexibility index (Phi) is 3.64. The van der Waals surface area contributed by atoms with E-state index in [1.165, 1.54) is 19.3 Å². The van der Waals surface area contributed by atoms with Crippen LogP contribution < -0.4 is 11.1 Å². The van der Waals surface area contributed by atoms with Gasteiger partial charge in [0.1, 0.15) is 0 Å². The predicted octanol–water partition coefficient (Wildman–Crippen LogP) is 1.58. The zero-order valence-electron chi connectivity index (χ0n) is 9.99. The van der Waals surface area contributed by atoms with Gasteiger partial charge in [0.25, 0.3) is 0 Å². The Morgan fingerprint density at radius 2 is 2.06 bits per heavy atom. The monoisotopic (exact) mass is 222 g/mol. The van der Waals surface area contributed by atoms with Crippen molar-refractivity contribution < 1.29 is 4.79 Å². The van der Waals surface area contributed by atoms with Crippen LogP contribution in [-0.2, 0) is 4.79 Å². The summed E-state index contributed by atoms with van der Waals surface area (Å²) in [6.07, 6.45) is 9.59. The molecule has 0 radical (unpaired) electrons. The van der Waals surface area contributed by atoms with Gasteiger partial charge in [0.2, 0.25) is 5.91 Å². The van der Waals surface area contributed by atoms with E-state index in [1.807, 2.05) is 12.2 Å². The predicted molar refractivity (Wildman–Crippen MR) is 64.8 cm³/mol. The van der Waals surface area contributed by atoms with Crippen LogP contribution in [0, 0.1) is 11.8 Å². The third kappa shape index (κ3) is 2.64. The summed E-state index contributed by atoms with van der Waals surface area (Å²) in [6, 6.07) is 0.450. The highest BCUT2D eigenvalue weighted by Gasteiger charge is 2.27. The number of rotatable bonds is 2. The summed E-state index contributed by atoms with van der Waals surface area (Å²) in [5, 5.41) is 3.19. The molecule has 90 valence electrons. The van der Waals surface area contributed by atoms with E-state index in [0.717, 1.165) is 12.8 Å². The second kappa shape index (κ2) is 5.00. The molecule has 16 heavy (non-hydrogen) atoms. The maximum absolute atomic E-state index is 12.0. The van der Waals surface area contributed by atoms with Gasteiger partial charge in [-0.25, -0.2) is 0 Å². The van der Waals surface area contributed by atoms with Crippen molar-refractivity contribution in [3.63, 3.8) is 0 Å². The van der Waals surface area contributed by atoms with Crippen molar-refractivity contribution in [3.05, 3.63) is 12.2 Å². The van der Waals surface area contributed by atoms with Crippen molar-refractivity contribution in [2.24, 2.45) is 17.6 Å². The molecule has 3 nitrogen and oxygen atoms in total. The minimum Gasteiger partial charge on any atom is -0.353 e. The van der Waals surface area contributed by atoms with Gasteiger partial charge in [-0.15, -0.1) is 0 Å². The third-order valence-corrected chi connectivity index (χ3v) is 3.89. The number of nitrogens with one attached hydrogen (secondary N) is 1. The number of hydrogen-bond donors (Lipinski definition) is 2. The summed E-state index contributed by atoms with van der Waals surface area (Å²) in [7, 11) is 0. The lowest BCUT2D eigenvalue weighted by Gasteiger charge is -2.30. The van der Waals surface area contributed by atoms with Crippen molar-refractivity contribution in [2.45, 2.75) is 51.1 Å². The molecule has 0 saturated heterocycles. The molecule has 1 amide bonds. The van der Waals surface area contributed by atoms with Crippen LogP contribution in [0.3, 0.4) is 0 Å². The average Bonchev–Trinajstić information content (AvgIpc) is 2.68. The highest BCUT2D eigenvalue weighted by atomic mass is 16.1. The first-order valence-corrected chi connectivity index (χ1v) is 6.41. The van der Waals surface area contributed by atoms with Crippen LogP contribution in [0.15, 0.2) is 12.2 Å². The van der Waals surface area contributed by atoms with Crippen molar-refractivity contribution in [3.8, 4) is 0 Å². The molecule has 2 aliphatic carbocycles. The van der Waals surface area contributed by atoms with Crippen molar-refractivity contribution >= 4 is 5.91 Å². The zero-order valence-corrected chi connectivity index (χ0v) is 9.99. The summed E-state index contributed by atoms with van der Waals surface area (Å²) >= 11 is 0. The molecule has 1 fully saturated rings. The third-order valence-electron chi connectivity index (χ3n) is 3.89. The molecule has 0 spiro atoms. The lowest BCUT2D eigenvalue weighted by Crippen LogP contribution is -2.43. The molecule has 3 N–H and O–H groups in total. The van der Waals surface area contributed by atoms with E-state index in [2.05, 4.69) is 12.2 Å². The fourth-order valence-electron chi connectivity index (χ4n) is 2.74. The van der Waals surface area contributed by atoms with E-state index in [1.54, 1.807) is 0 Å². The van der Waals surface area contributed by atoms with Gasteiger partial charge < -0.3 is 11.1 Å². The quantitative estimate of drug-likeness (QED) is 0.697. The Balaban J connectivity index is 1.84. The molecule has 0 aromatic heterocycles. The zero-order chi connectivity index (χ0) is 11.5. The Morgan fingerprint density at radius 1 is 1.31 bits per heavy atom. The van der Waals surface area contributed by atoms with Crippen LogP contribution in [0.4, 0.5) is 0 Å². The summed E-state index contributed by atoms with van der Waals surface area (Å²) in [5.74, 6) is 0.795. The number of nitrogens with two attached hydrogens (primary N) is 1. The van der Waals surface area contributed by atoms with Gasteiger partial charge in [0.15, 0.2) is 0 Å². The second-order valence-corrected chi connectivity index (χ2v) is 5.27.